The van der Waals surface area contributed by atoms with E-state index in [4.69, 9.17) is 5.73 Å². The number of benzene rings is 1. The number of rotatable bonds is 3. The molecule has 5 aromatic rings. The fourth-order valence-electron chi connectivity index (χ4n) is 4.60. The van der Waals surface area contributed by atoms with Crippen molar-refractivity contribution in [1.82, 2.24) is 25.1 Å². The van der Waals surface area contributed by atoms with E-state index in [2.05, 4.69) is 44.2 Å². The Balaban J connectivity index is 1.49. The molecule has 6 nitrogen and oxygen atoms in total. The van der Waals surface area contributed by atoms with Crippen LogP contribution in [0.15, 0.2) is 72.7 Å². The van der Waals surface area contributed by atoms with Gasteiger partial charge in [-0.2, -0.15) is 5.10 Å². The van der Waals surface area contributed by atoms with Gasteiger partial charge in [-0.1, -0.05) is 25.1 Å². The van der Waals surface area contributed by atoms with Gasteiger partial charge in [0, 0.05) is 45.5 Å². The summed E-state index contributed by atoms with van der Waals surface area (Å²) < 4.78 is 14.5. The average molecular weight is 451 g/mol. The highest BCUT2D eigenvalue weighted by molar-refractivity contribution is 6.00. The van der Waals surface area contributed by atoms with Gasteiger partial charge in [-0.05, 0) is 60.7 Å². The number of hydrogen-bond donors (Lipinski definition) is 3. The van der Waals surface area contributed by atoms with E-state index in [1.807, 2.05) is 30.5 Å². The topological polar surface area (TPSA) is 96.3 Å². The van der Waals surface area contributed by atoms with Crippen molar-refractivity contribution in [3.63, 3.8) is 0 Å². The van der Waals surface area contributed by atoms with E-state index in [1.165, 1.54) is 6.07 Å². The number of fused-ring (bicyclic) bond motifs is 2. The van der Waals surface area contributed by atoms with Crippen LogP contribution in [0.3, 0.4) is 0 Å². The van der Waals surface area contributed by atoms with Gasteiger partial charge in [-0.25, -0.2) is 9.37 Å². The Morgan fingerprint density at radius 2 is 1.97 bits per heavy atom. The summed E-state index contributed by atoms with van der Waals surface area (Å²) in [7, 11) is 0. The number of hydrogen-bond acceptors (Lipinski definition) is 4. The standard InChI is InChI=1S/C27H23FN6/c1-15-6-7-18(29)11-16(10-15)17-12-21-26(33-34-27(21)31-14-17)24-13-20-23(32-24)8-9-30-25(20)19-4-2-3-5-22(19)28/h2-5,8-15,32H,6-7,29H2,1H3,(H,31,33,34). The van der Waals surface area contributed by atoms with E-state index in [0.29, 0.717) is 22.8 Å². The van der Waals surface area contributed by atoms with Crippen LogP contribution in [0.5, 0.6) is 0 Å². The van der Waals surface area contributed by atoms with Gasteiger partial charge in [0.25, 0.3) is 0 Å². The Hall–Kier alpha value is -4.26. The number of halogens is 1. The lowest BCUT2D eigenvalue weighted by Crippen LogP contribution is -1.97. The highest BCUT2D eigenvalue weighted by Gasteiger charge is 2.17. The first-order valence-electron chi connectivity index (χ1n) is 11.3. The minimum atomic E-state index is -0.302. The maximum absolute atomic E-state index is 14.5. The lowest BCUT2D eigenvalue weighted by molar-refractivity contribution is 0.631. The largest absolute Gasteiger partial charge is 0.402 e. The normalized spacial score (nSPS) is 16.5. The van der Waals surface area contributed by atoms with Crippen molar-refractivity contribution in [2.75, 3.05) is 0 Å². The van der Waals surface area contributed by atoms with Crippen molar-refractivity contribution in [3.05, 3.63) is 84.1 Å². The van der Waals surface area contributed by atoms with Gasteiger partial charge < -0.3 is 10.7 Å². The highest BCUT2D eigenvalue weighted by atomic mass is 19.1. The number of H-pyrrole nitrogens is 2. The van der Waals surface area contributed by atoms with Crippen LogP contribution >= 0.6 is 0 Å². The summed E-state index contributed by atoms with van der Waals surface area (Å²) in [4.78, 5) is 12.5. The summed E-state index contributed by atoms with van der Waals surface area (Å²) in [5, 5.41) is 9.26. The summed E-state index contributed by atoms with van der Waals surface area (Å²) in [6.45, 7) is 2.20. The van der Waals surface area contributed by atoms with Crippen LogP contribution in [0.4, 0.5) is 4.39 Å². The Kier molecular flexibility index (Phi) is 4.76. The molecule has 7 heteroatoms. The average Bonchev–Trinajstić information content (AvgIpc) is 3.41. The van der Waals surface area contributed by atoms with E-state index >= 15 is 0 Å². The molecule has 1 aliphatic rings. The molecule has 1 aliphatic carbocycles. The number of nitrogens with zero attached hydrogens (tertiary/aromatic N) is 3. The number of allylic oxidation sites excluding steroid dienone is 4. The lowest BCUT2D eigenvalue weighted by Gasteiger charge is -2.05. The Morgan fingerprint density at radius 3 is 2.85 bits per heavy atom. The number of nitrogens with one attached hydrogen (secondary N) is 2. The third-order valence-corrected chi connectivity index (χ3v) is 6.38. The van der Waals surface area contributed by atoms with Crippen molar-refractivity contribution in [1.29, 1.82) is 0 Å². The van der Waals surface area contributed by atoms with Gasteiger partial charge in [0.2, 0.25) is 0 Å². The van der Waals surface area contributed by atoms with Crippen LogP contribution < -0.4 is 5.73 Å². The number of nitrogens with two attached hydrogens (primary N) is 1. The molecule has 1 aromatic carbocycles. The van der Waals surface area contributed by atoms with Crippen molar-refractivity contribution in [2.45, 2.75) is 19.8 Å². The summed E-state index contributed by atoms with van der Waals surface area (Å²) in [6, 6.07) is 12.6. The molecule has 1 atom stereocenters. The number of aromatic nitrogens is 5. The molecule has 0 bridgehead atoms. The third kappa shape index (κ3) is 3.46. The van der Waals surface area contributed by atoms with E-state index < -0.39 is 0 Å². The fourth-order valence-corrected chi connectivity index (χ4v) is 4.60. The smallest absolute Gasteiger partial charge is 0.181 e. The molecule has 0 amide bonds. The molecule has 6 rings (SSSR count). The zero-order valence-corrected chi connectivity index (χ0v) is 18.6. The van der Waals surface area contributed by atoms with Crippen LogP contribution in [-0.2, 0) is 0 Å². The van der Waals surface area contributed by atoms with Crippen LogP contribution in [0.1, 0.15) is 25.3 Å². The number of aromatic amines is 2. The van der Waals surface area contributed by atoms with Crippen LogP contribution in [0.25, 0.3) is 50.2 Å². The van der Waals surface area contributed by atoms with Gasteiger partial charge in [-0.15, -0.1) is 0 Å². The first kappa shape index (κ1) is 20.4. The van der Waals surface area contributed by atoms with Crippen molar-refractivity contribution in [2.24, 2.45) is 11.7 Å². The first-order chi connectivity index (χ1) is 16.6. The molecule has 4 aromatic heterocycles. The molecule has 34 heavy (non-hydrogen) atoms. The zero-order valence-electron chi connectivity index (χ0n) is 18.6. The van der Waals surface area contributed by atoms with Crippen LogP contribution in [0.2, 0.25) is 0 Å². The van der Waals surface area contributed by atoms with Crippen molar-refractivity contribution >= 4 is 27.5 Å². The molecule has 0 fully saturated rings. The Bertz CT molecular complexity index is 1610. The monoisotopic (exact) mass is 450 g/mol. The van der Waals surface area contributed by atoms with E-state index in [0.717, 1.165) is 57.4 Å². The molecule has 0 saturated carbocycles. The molecular weight excluding hydrogens is 427 g/mol. The van der Waals surface area contributed by atoms with E-state index in [9.17, 15) is 4.39 Å². The van der Waals surface area contributed by atoms with Crippen LogP contribution in [0, 0.1) is 11.7 Å². The summed E-state index contributed by atoms with van der Waals surface area (Å²) >= 11 is 0. The first-order valence-corrected chi connectivity index (χ1v) is 11.3. The minimum absolute atomic E-state index is 0.302. The van der Waals surface area contributed by atoms with E-state index in [-0.39, 0.29) is 5.82 Å². The fraction of sp³-hybridized carbons (Fsp3) is 0.148. The summed E-state index contributed by atoms with van der Waals surface area (Å²) in [5.74, 6) is 0.133. The molecule has 0 spiro atoms. The molecule has 0 aliphatic heterocycles. The Labute approximate surface area is 195 Å². The second-order valence-corrected chi connectivity index (χ2v) is 8.83. The predicted molar refractivity (Wildman–Crippen MR) is 133 cm³/mol. The Morgan fingerprint density at radius 1 is 1.09 bits per heavy atom. The third-order valence-electron chi connectivity index (χ3n) is 6.38. The SMILES string of the molecule is CC1C=C(c2cnc3n[nH]c(-c4cc5c(-c6ccccc6F)nccc5[nH]4)c3c2)C=C(N)CC1. The zero-order chi connectivity index (χ0) is 23.2. The molecule has 1 unspecified atom stereocenters. The lowest BCUT2D eigenvalue weighted by atomic mass is 10.0. The van der Waals surface area contributed by atoms with Gasteiger partial charge in [0.1, 0.15) is 5.82 Å². The van der Waals surface area contributed by atoms with Crippen molar-refractivity contribution < 1.29 is 4.39 Å². The highest BCUT2D eigenvalue weighted by Crippen LogP contribution is 2.34. The maximum atomic E-state index is 14.5. The molecule has 168 valence electrons. The van der Waals surface area contributed by atoms with Gasteiger partial charge >= 0.3 is 0 Å². The second-order valence-electron chi connectivity index (χ2n) is 8.83. The minimum Gasteiger partial charge on any atom is -0.402 e. The van der Waals surface area contributed by atoms with Crippen molar-refractivity contribution in [3.8, 4) is 22.6 Å². The maximum Gasteiger partial charge on any atom is 0.181 e. The second kappa shape index (κ2) is 7.95. The molecule has 4 N–H and O–H groups in total. The molecular formula is C27H23FN6. The van der Waals surface area contributed by atoms with Crippen LogP contribution in [-0.4, -0.2) is 25.1 Å². The van der Waals surface area contributed by atoms with Gasteiger partial charge in [0.15, 0.2) is 5.65 Å². The molecule has 4 heterocycles. The van der Waals surface area contributed by atoms with Gasteiger partial charge in [0.05, 0.1) is 17.1 Å². The molecule has 0 radical (unpaired) electrons. The summed E-state index contributed by atoms with van der Waals surface area (Å²) in [6.07, 6.45) is 9.74. The van der Waals surface area contributed by atoms with Gasteiger partial charge in [-0.3, -0.25) is 10.1 Å². The van der Waals surface area contributed by atoms with E-state index in [1.54, 1.807) is 18.3 Å². The quantitative estimate of drug-likeness (QED) is 0.316. The number of pyridine rings is 2. The summed E-state index contributed by atoms with van der Waals surface area (Å²) in [5.41, 5.74) is 13.4. The molecule has 0 saturated heterocycles. The predicted octanol–water partition coefficient (Wildman–Crippen LogP) is 5.96.